The zero-order valence-corrected chi connectivity index (χ0v) is 15.7. The number of carboxylic acid groups (broad SMARTS) is 1. The first-order valence-corrected chi connectivity index (χ1v) is 8.75. The predicted octanol–water partition coefficient (Wildman–Crippen LogP) is 2.54. The van der Waals surface area contributed by atoms with Gasteiger partial charge in [0.05, 0.1) is 36.5 Å². The van der Waals surface area contributed by atoms with Crippen LogP contribution in [0.2, 0.25) is 0 Å². The van der Waals surface area contributed by atoms with Crippen molar-refractivity contribution < 1.29 is 23.8 Å². The van der Waals surface area contributed by atoms with Gasteiger partial charge in [-0.1, -0.05) is 0 Å². The third-order valence-electron chi connectivity index (χ3n) is 3.80. The standard InChI is InChI=1S/C20H16FN5O4/c1-2-30-18-6-4-13(8-23-18)16-10-22-11-17(25-16)19(27)26-24-9-14-7-12(20(28)29)3-5-15(14)21/h3-11H,2H2,1H3,(H,26,27)(H,28,29)/b24-9+. The number of hydrazone groups is 1. The lowest BCUT2D eigenvalue weighted by molar-refractivity contribution is 0.0696. The topological polar surface area (TPSA) is 127 Å². The van der Waals surface area contributed by atoms with E-state index >= 15 is 0 Å². The molecule has 0 saturated carbocycles. The van der Waals surface area contributed by atoms with Gasteiger partial charge in [-0.05, 0) is 31.2 Å². The number of aromatic carboxylic acids is 1. The summed E-state index contributed by atoms with van der Waals surface area (Å²) in [4.78, 5) is 35.6. The van der Waals surface area contributed by atoms with Crippen LogP contribution in [0, 0.1) is 5.82 Å². The largest absolute Gasteiger partial charge is 0.478 e. The number of pyridine rings is 1. The number of hydrogen-bond donors (Lipinski definition) is 2. The number of carbonyl (C=O) groups is 2. The van der Waals surface area contributed by atoms with Gasteiger partial charge in [0.25, 0.3) is 5.91 Å². The molecule has 0 fully saturated rings. The van der Waals surface area contributed by atoms with Gasteiger partial charge in [-0.2, -0.15) is 5.10 Å². The van der Waals surface area contributed by atoms with Crippen LogP contribution in [0.3, 0.4) is 0 Å². The summed E-state index contributed by atoms with van der Waals surface area (Å²) in [6, 6.07) is 6.65. The van der Waals surface area contributed by atoms with E-state index in [9.17, 15) is 14.0 Å². The number of rotatable bonds is 7. The monoisotopic (exact) mass is 409 g/mol. The Hall–Kier alpha value is -4.21. The van der Waals surface area contributed by atoms with E-state index in [0.717, 1.165) is 24.4 Å². The smallest absolute Gasteiger partial charge is 0.335 e. The van der Waals surface area contributed by atoms with Crippen LogP contribution in [0.1, 0.15) is 33.3 Å². The summed E-state index contributed by atoms with van der Waals surface area (Å²) in [5.74, 6) is -2.08. The molecule has 1 aromatic carbocycles. The van der Waals surface area contributed by atoms with Crippen LogP contribution < -0.4 is 10.2 Å². The molecule has 1 amide bonds. The molecular weight excluding hydrogens is 393 g/mol. The maximum Gasteiger partial charge on any atom is 0.335 e. The zero-order valence-electron chi connectivity index (χ0n) is 15.7. The first kappa shape index (κ1) is 20.5. The SMILES string of the molecule is CCOc1ccc(-c2cncc(C(=O)N/N=C/c3cc(C(=O)O)ccc3F)n2)cn1. The average molecular weight is 409 g/mol. The molecule has 0 unspecified atom stereocenters. The van der Waals surface area contributed by atoms with Crippen molar-refractivity contribution in [2.75, 3.05) is 6.61 Å². The quantitative estimate of drug-likeness (QED) is 0.453. The minimum Gasteiger partial charge on any atom is -0.478 e. The molecule has 0 spiro atoms. The number of aromatic nitrogens is 3. The fraction of sp³-hybridized carbons (Fsp3) is 0.100. The highest BCUT2D eigenvalue weighted by Gasteiger charge is 2.11. The number of nitrogens with zero attached hydrogens (tertiary/aromatic N) is 4. The third-order valence-corrected chi connectivity index (χ3v) is 3.80. The lowest BCUT2D eigenvalue weighted by atomic mass is 10.1. The van der Waals surface area contributed by atoms with Crippen molar-refractivity contribution in [3.63, 3.8) is 0 Å². The second-order valence-electron chi connectivity index (χ2n) is 5.85. The fourth-order valence-corrected chi connectivity index (χ4v) is 2.37. The molecule has 2 N–H and O–H groups in total. The number of carbonyl (C=O) groups excluding carboxylic acids is 1. The predicted molar refractivity (Wildman–Crippen MR) is 105 cm³/mol. The van der Waals surface area contributed by atoms with E-state index in [0.29, 0.717) is 23.7 Å². The Labute approximate surface area is 170 Å². The molecule has 3 rings (SSSR count). The van der Waals surface area contributed by atoms with Crippen molar-refractivity contribution in [2.45, 2.75) is 6.92 Å². The molecule has 10 heteroatoms. The van der Waals surface area contributed by atoms with Crippen molar-refractivity contribution in [2.24, 2.45) is 5.10 Å². The number of halogens is 1. The molecule has 30 heavy (non-hydrogen) atoms. The van der Waals surface area contributed by atoms with Gasteiger partial charge >= 0.3 is 5.97 Å². The lowest BCUT2D eigenvalue weighted by Gasteiger charge is -2.05. The highest BCUT2D eigenvalue weighted by Crippen LogP contribution is 2.18. The summed E-state index contributed by atoms with van der Waals surface area (Å²) in [7, 11) is 0. The Balaban J connectivity index is 1.72. The van der Waals surface area contributed by atoms with E-state index in [1.165, 1.54) is 12.4 Å². The Kier molecular flexibility index (Phi) is 6.38. The van der Waals surface area contributed by atoms with Gasteiger partial charge in [-0.3, -0.25) is 9.78 Å². The van der Waals surface area contributed by atoms with E-state index < -0.39 is 17.7 Å². The normalized spacial score (nSPS) is 10.7. The summed E-state index contributed by atoms with van der Waals surface area (Å²) in [6.45, 7) is 2.34. The Morgan fingerprint density at radius 3 is 2.77 bits per heavy atom. The molecule has 0 aliphatic rings. The molecule has 152 valence electrons. The molecule has 0 radical (unpaired) electrons. The Bertz CT molecular complexity index is 1100. The first-order chi connectivity index (χ1) is 14.5. The highest BCUT2D eigenvalue weighted by molar-refractivity contribution is 5.94. The van der Waals surface area contributed by atoms with Gasteiger partial charge in [-0.15, -0.1) is 0 Å². The number of carboxylic acids is 1. The van der Waals surface area contributed by atoms with Crippen LogP contribution >= 0.6 is 0 Å². The van der Waals surface area contributed by atoms with Crippen LogP contribution in [-0.2, 0) is 0 Å². The molecule has 2 heterocycles. The molecular formula is C20H16FN5O4. The molecule has 0 bridgehead atoms. The zero-order chi connectivity index (χ0) is 21.5. The molecule has 0 aliphatic carbocycles. The van der Waals surface area contributed by atoms with E-state index in [1.54, 1.807) is 18.3 Å². The first-order valence-electron chi connectivity index (χ1n) is 8.75. The number of benzene rings is 1. The number of amides is 1. The minimum absolute atomic E-state index is 0.0155. The van der Waals surface area contributed by atoms with Crippen molar-refractivity contribution in [3.05, 3.63) is 71.6 Å². The summed E-state index contributed by atoms with van der Waals surface area (Å²) in [6.07, 6.45) is 5.28. The lowest BCUT2D eigenvalue weighted by Crippen LogP contribution is -2.19. The van der Waals surface area contributed by atoms with Gasteiger partial charge in [0.1, 0.15) is 11.5 Å². The van der Waals surface area contributed by atoms with E-state index in [2.05, 4.69) is 25.5 Å². The second kappa shape index (κ2) is 9.32. The van der Waals surface area contributed by atoms with E-state index in [4.69, 9.17) is 9.84 Å². The van der Waals surface area contributed by atoms with Crippen LogP contribution in [0.4, 0.5) is 4.39 Å². The fourth-order valence-electron chi connectivity index (χ4n) is 2.37. The number of nitrogens with one attached hydrogen (secondary N) is 1. The number of ether oxygens (including phenoxy) is 1. The van der Waals surface area contributed by atoms with Crippen LogP contribution in [0.5, 0.6) is 5.88 Å². The van der Waals surface area contributed by atoms with E-state index in [-0.39, 0.29) is 16.8 Å². The van der Waals surface area contributed by atoms with Crippen LogP contribution in [-0.4, -0.2) is 44.8 Å². The van der Waals surface area contributed by atoms with Gasteiger partial charge in [-0.25, -0.2) is 24.6 Å². The third kappa shape index (κ3) is 4.98. The van der Waals surface area contributed by atoms with Gasteiger partial charge < -0.3 is 9.84 Å². The van der Waals surface area contributed by atoms with Crippen LogP contribution in [0.15, 0.2) is 54.0 Å². The van der Waals surface area contributed by atoms with Gasteiger partial charge in [0.15, 0.2) is 0 Å². The molecule has 0 aliphatic heterocycles. The Morgan fingerprint density at radius 1 is 1.23 bits per heavy atom. The molecule has 0 saturated heterocycles. The van der Waals surface area contributed by atoms with E-state index in [1.807, 2.05) is 6.92 Å². The van der Waals surface area contributed by atoms with Crippen molar-refractivity contribution in [3.8, 4) is 17.1 Å². The van der Waals surface area contributed by atoms with Crippen molar-refractivity contribution in [1.29, 1.82) is 0 Å². The molecule has 2 aromatic heterocycles. The molecule has 9 nitrogen and oxygen atoms in total. The Morgan fingerprint density at radius 2 is 2.07 bits per heavy atom. The van der Waals surface area contributed by atoms with Crippen molar-refractivity contribution in [1.82, 2.24) is 20.4 Å². The summed E-state index contributed by atoms with van der Waals surface area (Å²) >= 11 is 0. The summed E-state index contributed by atoms with van der Waals surface area (Å²) in [5.41, 5.74) is 3.05. The molecule has 3 aromatic rings. The van der Waals surface area contributed by atoms with Gasteiger partial charge in [0.2, 0.25) is 5.88 Å². The average Bonchev–Trinajstić information content (AvgIpc) is 2.75. The maximum atomic E-state index is 13.8. The second-order valence-corrected chi connectivity index (χ2v) is 5.85. The van der Waals surface area contributed by atoms with Crippen molar-refractivity contribution >= 4 is 18.1 Å². The van der Waals surface area contributed by atoms with Gasteiger partial charge in [0, 0.05) is 23.4 Å². The summed E-state index contributed by atoms with van der Waals surface area (Å²) in [5, 5.41) is 12.6. The summed E-state index contributed by atoms with van der Waals surface area (Å²) < 4.78 is 19.0. The van der Waals surface area contributed by atoms with Crippen LogP contribution in [0.25, 0.3) is 11.3 Å². The minimum atomic E-state index is -1.20. The maximum absolute atomic E-state index is 13.8. The molecule has 0 atom stereocenters. The number of hydrogen-bond acceptors (Lipinski definition) is 7. The highest BCUT2D eigenvalue weighted by atomic mass is 19.1.